The van der Waals surface area contributed by atoms with E-state index in [-0.39, 0.29) is 18.3 Å². The van der Waals surface area contributed by atoms with Crippen LogP contribution >= 0.6 is 0 Å². The monoisotopic (exact) mass is 334 g/mol. The smallest absolute Gasteiger partial charge is 0.246 e. The summed E-state index contributed by atoms with van der Waals surface area (Å²) >= 11 is 0. The Morgan fingerprint density at radius 2 is 2.17 bits per heavy atom. The minimum absolute atomic E-state index is 0.0630. The summed E-state index contributed by atoms with van der Waals surface area (Å²) in [5.41, 5.74) is 1.60. The summed E-state index contributed by atoms with van der Waals surface area (Å²) in [5.74, 6) is -0.234. The predicted octanol–water partition coefficient (Wildman–Crippen LogP) is 0.770. The van der Waals surface area contributed by atoms with E-state index in [0.29, 0.717) is 5.69 Å². The molecule has 0 aliphatic heterocycles. The van der Waals surface area contributed by atoms with E-state index in [0.717, 1.165) is 17.2 Å². The third kappa shape index (κ3) is 3.66. The van der Waals surface area contributed by atoms with Gasteiger partial charge in [-0.1, -0.05) is 11.3 Å². The lowest BCUT2D eigenvalue weighted by molar-refractivity contribution is -0.116. The molecule has 0 unspecified atom stereocenters. The zero-order valence-electron chi connectivity index (χ0n) is 12.1. The van der Waals surface area contributed by atoms with Gasteiger partial charge in [0.2, 0.25) is 15.9 Å². The normalized spacial score (nSPS) is 11.5. The van der Waals surface area contributed by atoms with E-state index >= 15 is 0 Å². The number of benzene rings is 1. The number of hydrogen-bond acceptors (Lipinski definition) is 5. The lowest BCUT2D eigenvalue weighted by atomic mass is 10.2. The second kappa shape index (κ2) is 5.72. The largest absolute Gasteiger partial charge is 0.361 e. The highest BCUT2D eigenvalue weighted by atomic mass is 32.2. The molecule has 3 aromatic rings. The van der Waals surface area contributed by atoms with Crippen LogP contribution in [0.5, 0.6) is 0 Å². The van der Waals surface area contributed by atoms with E-state index in [1.165, 1.54) is 10.9 Å². The molecule has 10 heteroatoms. The molecule has 2 aromatic heterocycles. The van der Waals surface area contributed by atoms with E-state index in [2.05, 4.69) is 25.3 Å². The number of carbonyl (C=O) groups is 1. The van der Waals surface area contributed by atoms with Crippen LogP contribution in [0.1, 0.15) is 0 Å². The number of sulfonamides is 1. The van der Waals surface area contributed by atoms with Crippen molar-refractivity contribution in [3.63, 3.8) is 0 Å². The van der Waals surface area contributed by atoms with Crippen LogP contribution in [0.4, 0.5) is 11.5 Å². The molecular weight excluding hydrogens is 320 g/mol. The summed E-state index contributed by atoms with van der Waals surface area (Å²) < 4.78 is 25.6. The minimum atomic E-state index is -3.43. The molecule has 0 fully saturated rings. The number of aromatic amines is 1. The second-order valence-electron chi connectivity index (χ2n) is 4.97. The lowest BCUT2D eigenvalue weighted by Crippen LogP contribution is -2.19. The summed E-state index contributed by atoms with van der Waals surface area (Å²) in [6.45, 7) is -0.0841. The molecule has 0 aliphatic rings. The van der Waals surface area contributed by atoms with Crippen molar-refractivity contribution in [2.45, 2.75) is 6.54 Å². The van der Waals surface area contributed by atoms with Crippen molar-refractivity contribution in [3.05, 3.63) is 36.7 Å². The van der Waals surface area contributed by atoms with Crippen LogP contribution in [0.2, 0.25) is 0 Å². The number of carbonyl (C=O) groups excluding carboxylic acids is 1. The standard InChI is InChI=1S/C13H14N6O3S/c1-23(21,22)17-12-7-19(18-16-12)8-13(20)15-11-4-2-3-10-9(11)5-6-14-10/h2-7,14,17H,8H2,1H3,(H,15,20). The second-order valence-corrected chi connectivity index (χ2v) is 6.72. The molecule has 0 bridgehead atoms. The molecule has 0 saturated heterocycles. The van der Waals surface area contributed by atoms with Gasteiger partial charge < -0.3 is 10.3 Å². The number of nitrogens with one attached hydrogen (secondary N) is 3. The van der Waals surface area contributed by atoms with Gasteiger partial charge in [-0.2, -0.15) is 0 Å². The van der Waals surface area contributed by atoms with Crippen molar-refractivity contribution in [1.82, 2.24) is 20.0 Å². The molecule has 0 atom stereocenters. The fraction of sp³-hybridized carbons (Fsp3) is 0.154. The van der Waals surface area contributed by atoms with Gasteiger partial charge in [0, 0.05) is 17.1 Å². The predicted molar refractivity (Wildman–Crippen MR) is 85.4 cm³/mol. The SMILES string of the molecule is CS(=O)(=O)Nc1cn(CC(=O)Nc2cccc3[nH]ccc23)nn1. The van der Waals surface area contributed by atoms with Gasteiger partial charge in [0.1, 0.15) is 6.54 Å². The van der Waals surface area contributed by atoms with Crippen molar-refractivity contribution < 1.29 is 13.2 Å². The van der Waals surface area contributed by atoms with Crippen molar-refractivity contribution >= 4 is 38.3 Å². The zero-order chi connectivity index (χ0) is 16.4. The Kier molecular flexibility index (Phi) is 3.74. The lowest BCUT2D eigenvalue weighted by Gasteiger charge is -2.06. The summed E-state index contributed by atoms with van der Waals surface area (Å²) in [7, 11) is -3.43. The topological polar surface area (TPSA) is 122 Å². The third-order valence-corrected chi connectivity index (χ3v) is 3.58. The summed E-state index contributed by atoms with van der Waals surface area (Å²) in [4.78, 5) is 15.2. The minimum Gasteiger partial charge on any atom is -0.361 e. The first-order valence-electron chi connectivity index (χ1n) is 6.64. The number of hydrogen-bond donors (Lipinski definition) is 3. The molecule has 0 spiro atoms. The highest BCUT2D eigenvalue weighted by Gasteiger charge is 2.10. The molecule has 2 heterocycles. The van der Waals surface area contributed by atoms with Crippen LogP contribution in [0.3, 0.4) is 0 Å². The van der Waals surface area contributed by atoms with Gasteiger partial charge in [-0.25, -0.2) is 13.1 Å². The van der Waals surface area contributed by atoms with Crippen LogP contribution < -0.4 is 10.0 Å². The Bertz CT molecular complexity index is 959. The fourth-order valence-electron chi connectivity index (χ4n) is 2.14. The number of nitrogens with zero attached hydrogens (tertiary/aromatic N) is 3. The Balaban J connectivity index is 1.69. The van der Waals surface area contributed by atoms with E-state index in [1.54, 1.807) is 12.3 Å². The van der Waals surface area contributed by atoms with Gasteiger partial charge in [-0.05, 0) is 18.2 Å². The van der Waals surface area contributed by atoms with E-state index in [1.807, 2.05) is 18.2 Å². The number of aromatic nitrogens is 4. The Hall–Kier alpha value is -2.88. The molecule has 23 heavy (non-hydrogen) atoms. The number of H-pyrrole nitrogens is 1. The van der Waals surface area contributed by atoms with Gasteiger partial charge >= 0.3 is 0 Å². The highest BCUT2D eigenvalue weighted by Crippen LogP contribution is 2.22. The van der Waals surface area contributed by atoms with Gasteiger partial charge in [-0.15, -0.1) is 5.10 Å². The molecule has 0 radical (unpaired) electrons. The first-order chi connectivity index (χ1) is 10.9. The van der Waals surface area contributed by atoms with E-state index < -0.39 is 10.0 Å². The first-order valence-corrected chi connectivity index (χ1v) is 8.54. The molecule has 0 saturated carbocycles. The average molecular weight is 334 g/mol. The van der Waals surface area contributed by atoms with Crippen LogP contribution in [-0.2, 0) is 21.4 Å². The van der Waals surface area contributed by atoms with Crippen LogP contribution in [0.15, 0.2) is 36.7 Å². The molecule has 1 amide bonds. The van der Waals surface area contributed by atoms with Crippen molar-refractivity contribution in [2.75, 3.05) is 16.3 Å². The Morgan fingerprint density at radius 1 is 1.35 bits per heavy atom. The number of rotatable bonds is 5. The van der Waals surface area contributed by atoms with Gasteiger partial charge in [0.25, 0.3) is 0 Å². The maximum Gasteiger partial charge on any atom is 0.246 e. The number of fused-ring (bicyclic) bond motifs is 1. The van der Waals surface area contributed by atoms with Crippen LogP contribution in [-0.4, -0.2) is 40.6 Å². The molecule has 3 N–H and O–H groups in total. The number of amides is 1. The van der Waals surface area contributed by atoms with Crippen molar-refractivity contribution in [1.29, 1.82) is 0 Å². The van der Waals surface area contributed by atoms with Crippen LogP contribution in [0.25, 0.3) is 10.9 Å². The Labute approximate surface area is 131 Å². The average Bonchev–Trinajstić information content (AvgIpc) is 3.06. The molecule has 3 rings (SSSR count). The molecule has 9 nitrogen and oxygen atoms in total. The maximum atomic E-state index is 12.1. The van der Waals surface area contributed by atoms with Crippen molar-refractivity contribution in [2.24, 2.45) is 0 Å². The Morgan fingerprint density at radius 3 is 2.96 bits per heavy atom. The summed E-state index contributed by atoms with van der Waals surface area (Å²) in [6.07, 6.45) is 4.15. The highest BCUT2D eigenvalue weighted by molar-refractivity contribution is 7.92. The fourth-order valence-corrected chi connectivity index (χ4v) is 2.62. The molecule has 0 aliphatic carbocycles. The van der Waals surface area contributed by atoms with E-state index in [4.69, 9.17) is 0 Å². The number of anilines is 2. The van der Waals surface area contributed by atoms with Crippen LogP contribution in [0, 0.1) is 0 Å². The summed E-state index contributed by atoms with van der Waals surface area (Å²) in [6, 6.07) is 7.41. The van der Waals surface area contributed by atoms with Gasteiger partial charge in [0.15, 0.2) is 5.82 Å². The molecule has 120 valence electrons. The quantitative estimate of drug-likeness (QED) is 0.636. The summed E-state index contributed by atoms with van der Waals surface area (Å²) in [5, 5.41) is 11.0. The van der Waals surface area contributed by atoms with Gasteiger partial charge in [-0.3, -0.25) is 9.52 Å². The van der Waals surface area contributed by atoms with Crippen molar-refractivity contribution in [3.8, 4) is 0 Å². The zero-order valence-corrected chi connectivity index (χ0v) is 13.0. The molecular formula is C13H14N6O3S. The molecule has 1 aromatic carbocycles. The maximum absolute atomic E-state index is 12.1. The third-order valence-electron chi connectivity index (χ3n) is 3.00. The van der Waals surface area contributed by atoms with Gasteiger partial charge in [0.05, 0.1) is 18.1 Å². The first kappa shape index (κ1) is 15.0. The van der Waals surface area contributed by atoms with E-state index in [9.17, 15) is 13.2 Å².